The van der Waals surface area contributed by atoms with Crippen LogP contribution in [0.4, 0.5) is 19.3 Å². The number of urea groups is 1. The number of carbonyl (C=O) groups excluding carboxylic acids is 1. The zero-order valence-electron chi connectivity index (χ0n) is 15.3. The Bertz CT molecular complexity index is 1100. The molecule has 1 aliphatic rings. The van der Waals surface area contributed by atoms with Crippen molar-refractivity contribution in [2.45, 2.75) is 5.92 Å². The summed E-state index contributed by atoms with van der Waals surface area (Å²) >= 11 is 11.8. The average molecular weight is 447 g/mol. The second kappa shape index (κ2) is 8.38. The molecule has 5 nitrogen and oxygen atoms in total. The zero-order chi connectivity index (χ0) is 21.3. The van der Waals surface area contributed by atoms with E-state index in [0.717, 1.165) is 5.56 Å². The number of rotatable bonds is 3. The largest absolute Gasteiger partial charge is 0.342 e. The molecule has 0 bridgehead atoms. The number of benzene rings is 2. The summed E-state index contributed by atoms with van der Waals surface area (Å²) < 4.78 is 26.7. The van der Waals surface area contributed by atoms with Crippen molar-refractivity contribution < 1.29 is 13.6 Å². The number of halogens is 4. The van der Waals surface area contributed by atoms with Gasteiger partial charge in [-0.1, -0.05) is 47.5 Å². The van der Waals surface area contributed by atoms with Gasteiger partial charge in [0.05, 0.1) is 12.3 Å². The Balaban J connectivity index is 1.64. The van der Waals surface area contributed by atoms with E-state index in [2.05, 4.69) is 15.4 Å². The van der Waals surface area contributed by atoms with Gasteiger partial charge in [-0.3, -0.25) is 0 Å². The quantitative estimate of drug-likeness (QED) is 0.524. The van der Waals surface area contributed by atoms with Crippen LogP contribution >= 0.6 is 23.2 Å². The molecule has 0 saturated heterocycles. The van der Waals surface area contributed by atoms with Crippen LogP contribution in [-0.2, 0) is 0 Å². The molecule has 0 radical (unpaired) electrons. The summed E-state index contributed by atoms with van der Waals surface area (Å²) in [4.78, 5) is 16.6. The number of pyridine rings is 1. The molecule has 3 aromatic rings. The van der Waals surface area contributed by atoms with E-state index in [9.17, 15) is 13.6 Å². The van der Waals surface area contributed by atoms with E-state index in [-0.39, 0.29) is 34.4 Å². The molecule has 1 N–H and O–H groups in total. The van der Waals surface area contributed by atoms with Crippen molar-refractivity contribution in [2.24, 2.45) is 5.10 Å². The number of carbonyl (C=O) groups is 1. The van der Waals surface area contributed by atoms with Crippen molar-refractivity contribution in [2.75, 3.05) is 11.9 Å². The van der Waals surface area contributed by atoms with Gasteiger partial charge >= 0.3 is 6.03 Å². The van der Waals surface area contributed by atoms with Crippen molar-refractivity contribution in [3.05, 3.63) is 93.7 Å². The molecule has 0 spiro atoms. The first-order chi connectivity index (χ1) is 14.4. The second-order valence-electron chi connectivity index (χ2n) is 6.61. The van der Waals surface area contributed by atoms with E-state index >= 15 is 0 Å². The predicted molar refractivity (Wildman–Crippen MR) is 112 cm³/mol. The van der Waals surface area contributed by atoms with Crippen LogP contribution in [0.2, 0.25) is 10.3 Å². The standard InChI is InChI=1S/C21H14Cl2F2N4O/c22-18-9-16(10-19(23)27-18)26-21(30)29-11-17(12-1-5-14(24)6-2-12)20(28-29)13-3-7-15(25)8-4-13/h1-10,17H,11H2,(H,26,27,30). The fourth-order valence-corrected chi connectivity index (χ4v) is 3.65. The lowest BCUT2D eigenvalue weighted by atomic mass is 9.90. The topological polar surface area (TPSA) is 57.6 Å². The van der Waals surface area contributed by atoms with Crippen molar-refractivity contribution in [1.29, 1.82) is 0 Å². The van der Waals surface area contributed by atoms with E-state index in [0.29, 0.717) is 17.0 Å². The first-order valence-corrected chi connectivity index (χ1v) is 9.66. The number of aromatic nitrogens is 1. The molecule has 2 amide bonds. The molecule has 9 heteroatoms. The molecule has 0 aliphatic carbocycles. The van der Waals surface area contributed by atoms with Gasteiger partial charge in [-0.2, -0.15) is 5.10 Å². The summed E-state index contributed by atoms with van der Waals surface area (Å²) in [7, 11) is 0. The maximum Gasteiger partial charge on any atom is 0.342 e. The Morgan fingerprint density at radius 1 is 0.967 bits per heavy atom. The first kappa shape index (κ1) is 20.3. The number of nitrogens with one attached hydrogen (secondary N) is 1. The van der Waals surface area contributed by atoms with Gasteiger partial charge in [0.1, 0.15) is 21.9 Å². The van der Waals surface area contributed by atoms with Gasteiger partial charge in [0, 0.05) is 11.6 Å². The summed E-state index contributed by atoms with van der Waals surface area (Å²) in [6, 6.07) is 14.2. The number of amides is 2. The highest BCUT2D eigenvalue weighted by atomic mass is 35.5. The number of hydrogen-bond acceptors (Lipinski definition) is 3. The monoisotopic (exact) mass is 446 g/mol. The molecule has 1 atom stereocenters. The third-order valence-corrected chi connectivity index (χ3v) is 4.96. The molecule has 2 aromatic carbocycles. The maximum atomic E-state index is 13.4. The molecule has 152 valence electrons. The van der Waals surface area contributed by atoms with E-state index < -0.39 is 6.03 Å². The lowest BCUT2D eigenvalue weighted by Crippen LogP contribution is -2.30. The lowest BCUT2D eigenvalue weighted by molar-refractivity contribution is 0.218. The van der Waals surface area contributed by atoms with Crippen LogP contribution in [0.1, 0.15) is 17.0 Å². The van der Waals surface area contributed by atoms with Crippen molar-refractivity contribution in [3.63, 3.8) is 0 Å². The summed E-state index contributed by atoms with van der Waals surface area (Å²) in [5.74, 6) is -1.05. The van der Waals surface area contributed by atoms with Crippen LogP contribution in [0.15, 0.2) is 65.8 Å². The molecule has 30 heavy (non-hydrogen) atoms. The molecule has 4 rings (SSSR count). The number of nitrogens with zero attached hydrogens (tertiary/aromatic N) is 3. The Morgan fingerprint density at radius 3 is 2.13 bits per heavy atom. The zero-order valence-corrected chi connectivity index (χ0v) is 16.8. The van der Waals surface area contributed by atoms with Crippen LogP contribution in [-0.4, -0.2) is 28.3 Å². The van der Waals surface area contributed by atoms with E-state index in [1.807, 2.05) is 0 Å². The van der Waals surface area contributed by atoms with Crippen LogP contribution in [0.5, 0.6) is 0 Å². The van der Waals surface area contributed by atoms with Gasteiger partial charge in [0.15, 0.2) is 0 Å². The van der Waals surface area contributed by atoms with Crippen molar-refractivity contribution in [3.8, 4) is 0 Å². The Morgan fingerprint density at radius 2 is 1.53 bits per heavy atom. The summed E-state index contributed by atoms with van der Waals surface area (Å²) in [5.41, 5.74) is 2.39. The highest BCUT2D eigenvalue weighted by molar-refractivity contribution is 6.33. The third-order valence-electron chi connectivity index (χ3n) is 4.57. The third kappa shape index (κ3) is 4.42. The average Bonchev–Trinajstić information content (AvgIpc) is 3.14. The molecule has 2 heterocycles. The number of anilines is 1. The van der Waals surface area contributed by atoms with Crippen molar-refractivity contribution >= 4 is 40.6 Å². The van der Waals surface area contributed by atoms with Gasteiger partial charge in [-0.15, -0.1) is 0 Å². The minimum Gasteiger partial charge on any atom is -0.306 e. The van der Waals surface area contributed by atoms with E-state index in [1.54, 1.807) is 24.3 Å². The van der Waals surface area contributed by atoms with Crippen molar-refractivity contribution in [1.82, 2.24) is 9.99 Å². The van der Waals surface area contributed by atoms with Gasteiger partial charge < -0.3 is 5.32 Å². The molecular weight excluding hydrogens is 433 g/mol. The number of hydrogen-bond donors (Lipinski definition) is 1. The fourth-order valence-electron chi connectivity index (χ4n) is 3.19. The minimum absolute atomic E-state index is 0.138. The molecule has 0 fully saturated rings. The SMILES string of the molecule is O=C(Nc1cc(Cl)nc(Cl)c1)N1CC(c2ccc(F)cc2)C(c2ccc(F)cc2)=N1. The van der Waals surface area contributed by atoms with E-state index in [4.69, 9.17) is 23.2 Å². The van der Waals surface area contributed by atoms with Crippen LogP contribution in [0, 0.1) is 11.6 Å². The summed E-state index contributed by atoms with van der Waals surface area (Å²) in [6.07, 6.45) is 0. The van der Waals surface area contributed by atoms with Gasteiger partial charge in [-0.25, -0.2) is 23.6 Å². The highest BCUT2D eigenvalue weighted by Gasteiger charge is 2.32. The van der Waals surface area contributed by atoms with Gasteiger partial charge in [0.25, 0.3) is 0 Å². The minimum atomic E-state index is -0.502. The lowest BCUT2D eigenvalue weighted by Gasteiger charge is -2.16. The Kier molecular flexibility index (Phi) is 5.65. The van der Waals surface area contributed by atoms with Crippen LogP contribution in [0.25, 0.3) is 0 Å². The van der Waals surface area contributed by atoms with Crippen LogP contribution in [0.3, 0.4) is 0 Å². The van der Waals surface area contributed by atoms with Gasteiger partial charge in [-0.05, 0) is 47.5 Å². The Hall–Kier alpha value is -3.03. The maximum absolute atomic E-state index is 13.4. The normalized spacial score (nSPS) is 15.8. The van der Waals surface area contributed by atoms with Gasteiger partial charge in [0.2, 0.25) is 0 Å². The number of hydrazone groups is 1. The molecule has 1 aromatic heterocycles. The molecule has 1 aliphatic heterocycles. The van der Waals surface area contributed by atoms with E-state index in [1.165, 1.54) is 41.4 Å². The highest BCUT2D eigenvalue weighted by Crippen LogP contribution is 2.30. The second-order valence-corrected chi connectivity index (χ2v) is 7.38. The fraction of sp³-hybridized carbons (Fsp3) is 0.0952. The predicted octanol–water partition coefficient (Wildman–Crippen LogP) is 5.70. The van der Waals surface area contributed by atoms with Crippen LogP contribution < -0.4 is 5.32 Å². The summed E-state index contributed by atoms with van der Waals surface area (Å²) in [6.45, 7) is 0.219. The smallest absolute Gasteiger partial charge is 0.306 e. The summed E-state index contributed by atoms with van der Waals surface area (Å²) in [5, 5.41) is 8.66. The molecular formula is C21H14Cl2F2N4O. The first-order valence-electron chi connectivity index (χ1n) is 8.90. The Labute approximate surface area is 180 Å². The molecule has 0 saturated carbocycles. The molecule has 1 unspecified atom stereocenters.